The summed E-state index contributed by atoms with van der Waals surface area (Å²) in [5.41, 5.74) is 0. The fourth-order valence-corrected chi connectivity index (χ4v) is 5.95. The van der Waals surface area contributed by atoms with Crippen molar-refractivity contribution in [3.63, 3.8) is 0 Å². The zero-order valence-electron chi connectivity index (χ0n) is 33.3. The molecule has 1 N–H and O–H groups in total. The van der Waals surface area contributed by atoms with Crippen molar-refractivity contribution in [3.05, 3.63) is 36.5 Å². The van der Waals surface area contributed by atoms with E-state index in [2.05, 4.69) is 50.3 Å². The van der Waals surface area contributed by atoms with Gasteiger partial charge in [0.25, 0.3) is 0 Å². The van der Waals surface area contributed by atoms with Gasteiger partial charge in [-0.1, -0.05) is 140 Å². The Labute approximate surface area is 312 Å². The van der Waals surface area contributed by atoms with Crippen LogP contribution in [0.1, 0.15) is 162 Å². The molecule has 0 bridgehead atoms. The van der Waals surface area contributed by atoms with E-state index >= 15 is 0 Å². The summed E-state index contributed by atoms with van der Waals surface area (Å²) >= 11 is 0. The van der Waals surface area contributed by atoms with Crippen LogP contribution in [0.4, 0.5) is 0 Å². The summed E-state index contributed by atoms with van der Waals surface area (Å²) in [7, 11) is 1.45. The van der Waals surface area contributed by atoms with Crippen LogP contribution in [0.3, 0.4) is 0 Å². The van der Waals surface area contributed by atoms with Crippen LogP contribution in [-0.4, -0.2) is 74.9 Å². The van der Waals surface area contributed by atoms with Crippen molar-refractivity contribution in [1.29, 1.82) is 0 Å². The predicted molar refractivity (Wildman–Crippen MR) is 210 cm³/mol. The number of likely N-dealkylation sites (N-methyl/N-ethyl adjacent to an activating group) is 1. The van der Waals surface area contributed by atoms with E-state index in [1.54, 1.807) is 0 Å². The second kappa shape index (κ2) is 34.0. The molecular weight excluding hydrogens is 665 g/mol. The van der Waals surface area contributed by atoms with Gasteiger partial charge < -0.3 is 18.9 Å². The molecule has 0 aliphatic rings. The van der Waals surface area contributed by atoms with Crippen LogP contribution < -0.4 is 0 Å². The first-order chi connectivity index (χ1) is 24.5. The van der Waals surface area contributed by atoms with Gasteiger partial charge in [-0.3, -0.25) is 18.6 Å². The second-order valence-corrected chi connectivity index (χ2v) is 16.1. The first kappa shape index (κ1) is 49.2. The van der Waals surface area contributed by atoms with Gasteiger partial charge in [0.1, 0.15) is 19.8 Å². The number of phosphoric ester groups is 1. The number of phosphoric acid groups is 1. The molecule has 0 aromatic heterocycles. The largest absolute Gasteiger partial charge is 0.472 e. The van der Waals surface area contributed by atoms with Crippen LogP contribution in [-0.2, 0) is 32.7 Å². The predicted octanol–water partition coefficient (Wildman–Crippen LogP) is 11.0. The van der Waals surface area contributed by atoms with Gasteiger partial charge in [0.05, 0.1) is 27.7 Å². The number of nitrogens with zero attached hydrogens (tertiary/aromatic N) is 1. The number of carbonyl (C=O) groups excluding carboxylic acids is 2. The van der Waals surface area contributed by atoms with E-state index in [0.717, 1.165) is 38.5 Å². The molecule has 0 saturated heterocycles. The lowest BCUT2D eigenvalue weighted by Crippen LogP contribution is -2.37. The summed E-state index contributed by atoms with van der Waals surface area (Å²) < 4.78 is 34.1. The summed E-state index contributed by atoms with van der Waals surface area (Å²) in [5.74, 6) is -0.862. The van der Waals surface area contributed by atoms with E-state index in [1.807, 2.05) is 21.1 Å². The number of allylic oxidation sites excluding steroid dienone is 6. The average Bonchev–Trinajstić information content (AvgIpc) is 3.07. The molecule has 0 amide bonds. The zero-order chi connectivity index (χ0) is 37.9. The van der Waals surface area contributed by atoms with E-state index < -0.39 is 32.5 Å². The van der Waals surface area contributed by atoms with Crippen molar-refractivity contribution < 1.29 is 42.1 Å². The Morgan fingerprint density at radius 2 is 1.08 bits per heavy atom. The van der Waals surface area contributed by atoms with Crippen molar-refractivity contribution in [2.75, 3.05) is 47.5 Å². The molecular formula is C41H77NO8P+. The first-order valence-electron chi connectivity index (χ1n) is 20.2. The molecule has 0 aromatic carbocycles. The highest BCUT2D eigenvalue weighted by Crippen LogP contribution is 2.43. The quantitative estimate of drug-likeness (QED) is 0.0222. The van der Waals surface area contributed by atoms with Crippen LogP contribution in [0.5, 0.6) is 0 Å². The van der Waals surface area contributed by atoms with Crippen molar-refractivity contribution in [3.8, 4) is 0 Å². The normalized spacial score (nSPS) is 14.1. The van der Waals surface area contributed by atoms with E-state index in [1.165, 1.54) is 83.5 Å². The molecule has 0 aromatic rings. The third kappa shape index (κ3) is 37.8. The third-order valence-corrected chi connectivity index (χ3v) is 9.41. The summed E-state index contributed by atoms with van der Waals surface area (Å²) in [5, 5.41) is 0. The molecule has 0 saturated carbocycles. The minimum absolute atomic E-state index is 0.0247. The smallest absolute Gasteiger partial charge is 0.462 e. The molecule has 298 valence electrons. The minimum Gasteiger partial charge on any atom is -0.462 e. The Morgan fingerprint density at radius 1 is 0.608 bits per heavy atom. The Morgan fingerprint density at radius 3 is 1.63 bits per heavy atom. The van der Waals surface area contributed by atoms with Crippen molar-refractivity contribution in [2.24, 2.45) is 0 Å². The van der Waals surface area contributed by atoms with E-state index in [4.69, 9.17) is 18.5 Å². The summed E-state index contributed by atoms with van der Waals surface area (Å²) in [4.78, 5) is 35.1. The molecule has 1 unspecified atom stereocenters. The van der Waals surface area contributed by atoms with Crippen LogP contribution in [0, 0.1) is 0 Å². The topological polar surface area (TPSA) is 108 Å². The number of carbonyl (C=O) groups is 2. The molecule has 2 atom stereocenters. The third-order valence-electron chi connectivity index (χ3n) is 8.42. The maximum Gasteiger partial charge on any atom is 0.472 e. The number of ether oxygens (including phenoxy) is 2. The van der Waals surface area contributed by atoms with Gasteiger partial charge in [0.15, 0.2) is 6.10 Å². The van der Waals surface area contributed by atoms with Crippen LogP contribution in [0.25, 0.3) is 0 Å². The Bertz CT molecular complexity index is 975. The molecule has 0 rings (SSSR count). The van der Waals surface area contributed by atoms with Crippen LogP contribution >= 0.6 is 7.82 Å². The number of quaternary nitrogens is 1. The van der Waals surface area contributed by atoms with Gasteiger partial charge in [0, 0.05) is 12.8 Å². The zero-order valence-corrected chi connectivity index (χ0v) is 34.2. The molecule has 0 radical (unpaired) electrons. The minimum atomic E-state index is -4.38. The van der Waals surface area contributed by atoms with Crippen molar-refractivity contribution in [1.82, 2.24) is 0 Å². The van der Waals surface area contributed by atoms with Crippen LogP contribution in [0.15, 0.2) is 36.5 Å². The van der Waals surface area contributed by atoms with Gasteiger partial charge in [0.2, 0.25) is 0 Å². The molecule has 10 heteroatoms. The Kier molecular flexibility index (Phi) is 32.8. The number of rotatable bonds is 36. The maximum absolute atomic E-state index is 12.6. The SMILES string of the molecule is CCCCCCCC/C=C/C/C=C/C/C=C/CCCC(=O)OC[C@@H](COP(=O)(O)OCC[N+](C)(C)C)OC(=O)CCCCCCCCCCCC. The van der Waals surface area contributed by atoms with Gasteiger partial charge in [-0.05, 0) is 44.9 Å². The molecule has 0 heterocycles. The summed E-state index contributed by atoms with van der Waals surface area (Å²) in [6, 6.07) is 0. The lowest BCUT2D eigenvalue weighted by Gasteiger charge is -2.24. The van der Waals surface area contributed by atoms with E-state index in [9.17, 15) is 19.0 Å². The fourth-order valence-electron chi connectivity index (χ4n) is 5.20. The van der Waals surface area contributed by atoms with Crippen LogP contribution in [0.2, 0.25) is 0 Å². The molecule has 0 spiro atoms. The monoisotopic (exact) mass is 743 g/mol. The highest BCUT2D eigenvalue weighted by molar-refractivity contribution is 7.47. The number of hydrogen-bond acceptors (Lipinski definition) is 7. The van der Waals surface area contributed by atoms with E-state index in [-0.39, 0.29) is 26.1 Å². The first-order valence-corrected chi connectivity index (χ1v) is 21.7. The average molecular weight is 743 g/mol. The van der Waals surface area contributed by atoms with Crippen molar-refractivity contribution >= 4 is 19.8 Å². The van der Waals surface area contributed by atoms with Crippen molar-refractivity contribution in [2.45, 2.75) is 168 Å². The highest BCUT2D eigenvalue weighted by Gasteiger charge is 2.27. The van der Waals surface area contributed by atoms with Gasteiger partial charge >= 0.3 is 19.8 Å². The number of hydrogen-bond donors (Lipinski definition) is 1. The highest BCUT2D eigenvalue weighted by atomic mass is 31.2. The number of esters is 2. The van der Waals surface area contributed by atoms with Gasteiger partial charge in [-0.25, -0.2) is 4.57 Å². The lowest BCUT2D eigenvalue weighted by atomic mass is 10.1. The Hall–Kier alpha value is -1.77. The molecule has 0 fully saturated rings. The standard InChI is InChI=1S/C41H76NO8P/c1-6-8-10-12-14-16-18-19-20-21-22-23-24-26-27-29-31-33-40(43)47-37-39(38-49-51(45,46)48-36-35-42(3,4)5)50-41(44)34-32-30-28-25-17-15-13-11-9-7-2/h19-20,22-23,26-27,39H,6-18,21,24-25,28-38H2,1-5H3/p+1/b20-19+,23-22+,27-26+/t39-/m0/s1. The molecule has 51 heavy (non-hydrogen) atoms. The fraction of sp³-hybridized carbons (Fsp3) is 0.805. The van der Waals surface area contributed by atoms with E-state index in [0.29, 0.717) is 23.9 Å². The second-order valence-electron chi connectivity index (χ2n) is 14.7. The summed E-state index contributed by atoms with van der Waals surface area (Å²) in [6.45, 7) is 4.33. The maximum atomic E-state index is 12.6. The molecule has 9 nitrogen and oxygen atoms in total. The number of unbranched alkanes of at least 4 members (excludes halogenated alkanes) is 16. The Balaban J connectivity index is 4.46. The lowest BCUT2D eigenvalue weighted by molar-refractivity contribution is -0.870. The molecule has 0 aliphatic heterocycles. The van der Waals surface area contributed by atoms with Gasteiger partial charge in [-0.2, -0.15) is 0 Å². The summed E-state index contributed by atoms with van der Waals surface area (Å²) in [6.07, 6.45) is 36.3. The molecule has 0 aliphatic carbocycles. The van der Waals surface area contributed by atoms with Gasteiger partial charge in [-0.15, -0.1) is 0 Å².